The van der Waals surface area contributed by atoms with Crippen LogP contribution in [-0.4, -0.2) is 20.7 Å². The van der Waals surface area contributed by atoms with Crippen molar-refractivity contribution >= 4 is 15.9 Å². The summed E-state index contributed by atoms with van der Waals surface area (Å²) in [5, 5.41) is 7.51. The Morgan fingerprint density at radius 2 is 1.85 bits per heavy atom. The van der Waals surface area contributed by atoms with E-state index in [1.165, 1.54) is 37.3 Å². The van der Waals surface area contributed by atoms with E-state index in [9.17, 15) is 26.4 Å². The first-order valence-electron chi connectivity index (χ1n) is 7.22. The SMILES string of the molecule is Cc1ccc(C(=O)NCc2ccccc2OC(F)(F)F)cc1S(N)(=O)=O. The van der Waals surface area contributed by atoms with Crippen LogP contribution in [0.5, 0.6) is 5.75 Å². The number of nitrogens with one attached hydrogen (secondary N) is 1. The monoisotopic (exact) mass is 388 g/mol. The van der Waals surface area contributed by atoms with Gasteiger partial charge in [-0.1, -0.05) is 24.3 Å². The number of aryl methyl sites for hydroxylation is 1. The molecule has 0 bridgehead atoms. The molecule has 6 nitrogen and oxygen atoms in total. The third kappa shape index (κ3) is 5.20. The standard InChI is InChI=1S/C16H15F3N2O4S/c1-10-6-7-11(8-14(10)26(20,23)24)15(22)21-9-12-4-2-3-5-13(12)25-16(17,18)19/h2-8H,9H2,1H3,(H,21,22)(H2,20,23,24). The molecule has 0 aliphatic rings. The molecule has 0 aliphatic heterocycles. The summed E-state index contributed by atoms with van der Waals surface area (Å²) in [5.74, 6) is -1.11. The first-order valence-corrected chi connectivity index (χ1v) is 8.77. The highest BCUT2D eigenvalue weighted by molar-refractivity contribution is 7.89. The number of rotatable bonds is 5. The number of carbonyl (C=O) groups excluding carboxylic acids is 1. The summed E-state index contributed by atoms with van der Waals surface area (Å²) in [6.45, 7) is 1.27. The summed E-state index contributed by atoms with van der Waals surface area (Å²) in [7, 11) is -4.01. The number of para-hydroxylation sites is 1. The molecule has 0 aromatic heterocycles. The number of hydrogen-bond acceptors (Lipinski definition) is 4. The van der Waals surface area contributed by atoms with Gasteiger partial charge in [-0.05, 0) is 30.7 Å². The van der Waals surface area contributed by atoms with Crippen LogP contribution in [0, 0.1) is 6.92 Å². The van der Waals surface area contributed by atoms with Gasteiger partial charge in [0.2, 0.25) is 10.0 Å². The lowest BCUT2D eigenvalue weighted by Gasteiger charge is -2.14. The second kappa shape index (κ2) is 7.34. The van der Waals surface area contributed by atoms with E-state index in [-0.39, 0.29) is 22.6 Å². The van der Waals surface area contributed by atoms with Gasteiger partial charge in [-0.25, -0.2) is 13.6 Å². The van der Waals surface area contributed by atoms with Crippen molar-refractivity contribution < 1.29 is 31.1 Å². The zero-order chi connectivity index (χ0) is 19.5. The molecule has 26 heavy (non-hydrogen) atoms. The Morgan fingerprint density at radius 3 is 2.46 bits per heavy atom. The van der Waals surface area contributed by atoms with Crippen molar-refractivity contribution in [3.05, 3.63) is 59.2 Å². The number of hydrogen-bond donors (Lipinski definition) is 2. The zero-order valence-corrected chi connectivity index (χ0v) is 14.3. The molecular formula is C16H15F3N2O4S. The van der Waals surface area contributed by atoms with Gasteiger partial charge in [0.1, 0.15) is 5.75 Å². The van der Waals surface area contributed by atoms with Crippen molar-refractivity contribution in [1.82, 2.24) is 5.32 Å². The van der Waals surface area contributed by atoms with E-state index in [1.54, 1.807) is 0 Å². The third-order valence-corrected chi connectivity index (χ3v) is 4.45. The van der Waals surface area contributed by atoms with E-state index in [4.69, 9.17) is 5.14 Å². The number of sulfonamides is 1. The molecular weight excluding hydrogens is 373 g/mol. The third-order valence-electron chi connectivity index (χ3n) is 3.39. The molecule has 3 N–H and O–H groups in total. The maximum atomic E-state index is 12.4. The number of ether oxygens (including phenoxy) is 1. The fourth-order valence-corrected chi connectivity index (χ4v) is 3.01. The highest BCUT2D eigenvalue weighted by Crippen LogP contribution is 2.26. The molecule has 0 aliphatic carbocycles. The van der Waals surface area contributed by atoms with Crippen LogP contribution in [0.4, 0.5) is 13.2 Å². The number of carbonyl (C=O) groups is 1. The lowest BCUT2D eigenvalue weighted by Crippen LogP contribution is -2.25. The van der Waals surface area contributed by atoms with Crippen molar-refractivity contribution in [3.63, 3.8) is 0 Å². The molecule has 0 unspecified atom stereocenters. The summed E-state index contributed by atoms with van der Waals surface area (Å²) < 4.78 is 64.1. The molecule has 2 rings (SSSR count). The van der Waals surface area contributed by atoms with Crippen LogP contribution in [0.2, 0.25) is 0 Å². The van der Waals surface area contributed by atoms with Crippen LogP contribution in [0.1, 0.15) is 21.5 Å². The summed E-state index contributed by atoms with van der Waals surface area (Å²) in [4.78, 5) is 12.0. The van der Waals surface area contributed by atoms with Gasteiger partial charge in [-0.2, -0.15) is 0 Å². The van der Waals surface area contributed by atoms with Crippen LogP contribution in [0.15, 0.2) is 47.4 Å². The van der Waals surface area contributed by atoms with Crippen molar-refractivity contribution in [2.24, 2.45) is 5.14 Å². The maximum Gasteiger partial charge on any atom is 0.573 e. The molecule has 1 amide bonds. The molecule has 10 heteroatoms. The maximum absolute atomic E-state index is 12.4. The number of halogens is 3. The molecule has 0 atom stereocenters. The molecule has 0 saturated carbocycles. The average Bonchev–Trinajstić information content (AvgIpc) is 2.51. The number of amides is 1. The highest BCUT2D eigenvalue weighted by Gasteiger charge is 2.32. The summed E-state index contributed by atoms with van der Waals surface area (Å²) in [5.41, 5.74) is 0.485. The van der Waals surface area contributed by atoms with Crippen LogP contribution in [0.25, 0.3) is 0 Å². The molecule has 0 heterocycles. The van der Waals surface area contributed by atoms with E-state index >= 15 is 0 Å². The zero-order valence-electron chi connectivity index (χ0n) is 13.5. The first kappa shape index (κ1) is 19.7. The van der Waals surface area contributed by atoms with Crippen LogP contribution >= 0.6 is 0 Å². The minimum atomic E-state index is -4.86. The van der Waals surface area contributed by atoms with Gasteiger partial charge in [-0.15, -0.1) is 13.2 Å². The smallest absolute Gasteiger partial charge is 0.405 e. The predicted octanol–water partition coefficient (Wildman–Crippen LogP) is 2.47. The lowest BCUT2D eigenvalue weighted by molar-refractivity contribution is -0.274. The molecule has 2 aromatic rings. The quantitative estimate of drug-likeness (QED) is 0.822. The second-order valence-electron chi connectivity index (χ2n) is 5.36. The van der Waals surface area contributed by atoms with E-state index in [0.29, 0.717) is 5.56 Å². The van der Waals surface area contributed by atoms with Gasteiger partial charge < -0.3 is 10.1 Å². The number of benzene rings is 2. The van der Waals surface area contributed by atoms with Crippen molar-refractivity contribution in [1.29, 1.82) is 0 Å². The van der Waals surface area contributed by atoms with Gasteiger partial charge in [0.25, 0.3) is 5.91 Å². The lowest BCUT2D eigenvalue weighted by atomic mass is 10.1. The van der Waals surface area contributed by atoms with Crippen molar-refractivity contribution in [2.45, 2.75) is 24.7 Å². The Kier molecular flexibility index (Phi) is 5.57. The summed E-state index contributed by atoms with van der Waals surface area (Å²) >= 11 is 0. The average molecular weight is 388 g/mol. The largest absolute Gasteiger partial charge is 0.573 e. The molecule has 140 valence electrons. The van der Waals surface area contributed by atoms with Gasteiger partial charge >= 0.3 is 6.36 Å². The fraction of sp³-hybridized carbons (Fsp3) is 0.188. The van der Waals surface area contributed by atoms with E-state index in [1.807, 2.05) is 0 Å². The van der Waals surface area contributed by atoms with Crippen LogP contribution < -0.4 is 15.2 Å². The van der Waals surface area contributed by atoms with Gasteiger partial charge in [0, 0.05) is 17.7 Å². The molecule has 0 saturated heterocycles. The minimum absolute atomic E-state index is 0.00819. The first-order chi connectivity index (χ1) is 12.0. The van der Waals surface area contributed by atoms with Crippen LogP contribution in [-0.2, 0) is 16.6 Å². The number of primary sulfonamides is 1. The Bertz CT molecular complexity index is 927. The number of alkyl halides is 3. The Labute approximate surface area is 147 Å². The van der Waals surface area contributed by atoms with Crippen molar-refractivity contribution in [2.75, 3.05) is 0 Å². The Morgan fingerprint density at radius 1 is 1.19 bits per heavy atom. The highest BCUT2D eigenvalue weighted by atomic mass is 32.2. The predicted molar refractivity (Wildman–Crippen MR) is 86.8 cm³/mol. The van der Waals surface area contributed by atoms with Crippen LogP contribution in [0.3, 0.4) is 0 Å². The normalized spacial score (nSPS) is 11.9. The molecule has 0 fully saturated rings. The number of nitrogens with two attached hydrogens (primary N) is 1. The van der Waals surface area contributed by atoms with Gasteiger partial charge in [-0.3, -0.25) is 4.79 Å². The minimum Gasteiger partial charge on any atom is -0.405 e. The van der Waals surface area contributed by atoms with Gasteiger partial charge in [0.15, 0.2) is 0 Å². The Hall–Kier alpha value is -2.59. The topological polar surface area (TPSA) is 98.5 Å². The molecule has 0 radical (unpaired) electrons. The van der Waals surface area contributed by atoms with Crippen molar-refractivity contribution in [3.8, 4) is 5.75 Å². The fourth-order valence-electron chi connectivity index (χ4n) is 2.20. The van der Waals surface area contributed by atoms with E-state index < -0.39 is 28.0 Å². The summed E-state index contributed by atoms with van der Waals surface area (Å²) in [6, 6.07) is 9.26. The van der Waals surface area contributed by atoms with E-state index in [0.717, 1.165) is 12.1 Å². The second-order valence-corrected chi connectivity index (χ2v) is 6.89. The van der Waals surface area contributed by atoms with E-state index in [2.05, 4.69) is 10.1 Å². The Balaban J connectivity index is 2.18. The molecule has 0 spiro atoms. The molecule has 2 aromatic carbocycles. The van der Waals surface area contributed by atoms with Gasteiger partial charge in [0.05, 0.1) is 4.90 Å². The summed E-state index contributed by atoms with van der Waals surface area (Å²) in [6.07, 6.45) is -4.86.